The van der Waals surface area contributed by atoms with Crippen LogP contribution in [-0.2, 0) is 6.61 Å². The Kier molecular flexibility index (Phi) is 8.20. The second-order valence-electron chi connectivity index (χ2n) is 6.39. The number of carbonyl (C=O) groups is 1. The SMILES string of the molecule is CCOc1cc(/C=N\NC(=O)c2cccc(Br)c2)cc(Br)c1OCc1ccc(F)cc1. The Morgan fingerprint density at radius 3 is 2.58 bits per heavy atom. The molecule has 0 saturated heterocycles. The molecule has 1 N–H and O–H groups in total. The summed E-state index contributed by atoms with van der Waals surface area (Å²) in [6.45, 7) is 2.57. The molecule has 3 aromatic carbocycles. The van der Waals surface area contributed by atoms with E-state index in [0.29, 0.717) is 33.7 Å². The maximum absolute atomic E-state index is 13.1. The molecule has 0 radical (unpaired) electrons. The molecule has 8 heteroatoms. The van der Waals surface area contributed by atoms with Crippen molar-refractivity contribution in [3.63, 3.8) is 0 Å². The van der Waals surface area contributed by atoms with Crippen LogP contribution in [0.5, 0.6) is 11.5 Å². The van der Waals surface area contributed by atoms with Crippen molar-refractivity contribution in [3.05, 3.63) is 92.1 Å². The largest absolute Gasteiger partial charge is 0.490 e. The molecule has 0 aliphatic heterocycles. The number of benzene rings is 3. The lowest BCUT2D eigenvalue weighted by Crippen LogP contribution is -2.17. The van der Waals surface area contributed by atoms with E-state index in [1.54, 1.807) is 42.5 Å². The Hall–Kier alpha value is -2.71. The highest BCUT2D eigenvalue weighted by molar-refractivity contribution is 9.10. The number of carbonyl (C=O) groups excluding carboxylic acids is 1. The summed E-state index contributed by atoms with van der Waals surface area (Å²) in [6, 6.07) is 16.7. The summed E-state index contributed by atoms with van der Waals surface area (Å²) >= 11 is 6.84. The second kappa shape index (κ2) is 11.1. The maximum Gasteiger partial charge on any atom is 0.271 e. The molecule has 3 aromatic rings. The quantitative estimate of drug-likeness (QED) is 0.273. The van der Waals surface area contributed by atoms with E-state index in [1.165, 1.54) is 18.3 Å². The van der Waals surface area contributed by atoms with Crippen molar-refractivity contribution in [2.24, 2.45) is 5.10 Å². The van der Waals surface area contributed by atoms with Crippen molar-refractivity contribution in [2.75, 3.05) is 6.61 Å². The average molecular weight is 550 g/mol. The Morgan fingerprint density at radius 2 is 1.87 bits per heavy atom. The summed E-state index contributed by atoms with van der Waals surface area (Å²) in [5.41, 5.74) is 4.53. The molecule has 0 unspecified atom stereocenters. The molecule has 0 fully saturated rings. The molecule has 0 aliphatic rings. The van der Waals surface area contributed by atoms with Crippen LogP contribution in [0.2, 0.25) is 0 Å². The average Bonchev–Trinajstić information content (AvgIpc) is 2.74. The number of nitrogens with one attached hydrogen (secondary N) is 1. The van der Waals surface area contributed by atoms with E-state index < -0.39 is 0 Å². The van der Waals surface area contributed by atoms with Crippen LogP contribution in [0.1, 0.15) is 28.4 Å². The van der Waals surface area contributed by atoms with Crippen LogP contribution in [0.25, 0.3) is 0 Å². The van der Waals surface area contributed by atoms with Crippen molar-refractivity contribution in [2.45, 2.75) is 13.5 Å². The summed E-state index contributed by atoms with van der Waals surface area (Å²) in [4.78, 5) is 12.2. The molecule has 0 saturated carbocycles. The van der Waals surface area contributed by atoms with Gasteiger partial charge >= 0.3 is 0 Å². The zero-order valence-electron chi connectivity index (χ0n) is 16.6. The molecule has 0 heterocycles. The molecule has 0 atom stereocenters. The third kappa shape index (κ3) is 6.63. The number of hydrogen-bond acceptors (Lipinski definition) is 4. The highest BCUT2D eigenvalue weighted by atomic mass is 79.9. The van der Waals surface area contributed by atoms with E-state index in [1.807, 2.05) is 13.0 Å². The Labute approximate surface area is 196 Å². The highest BCUT2D eigenvalue weighted by Gasteiger charge is 2.12. The van der Waals surface area contributed by atoms with Gasteiger partial charge in [0.1, 0.15) is 12.4 Å². The first kappa shape index (κ1) is 23.0. The molecule has 31 heavy (non-hydrogen) atoms. The summed E-state index contributed by atoms with van der Waals surface area (Å²) < 4.78 is 26.2. The van der Waals surface area contributed by atoms with Gasteiger partial charge in [-0.1, -0.05) is 34.1 Å². The maximum atomic E-state index is 13.1. The summed E-state index contributed by atoms with van der Waals surface area (Å²) in [6.07, 6.45) is 1.52. The summed E-state index contributed by atoms with van der Waals surface area (Å²) in [7, 11) is 0. The number of halogens is 3. The summed E-state index contributed by atoms with van der Waals surface area (Å²) in [5, 5.41) is 4.03. The van der Waals surface area contributed by atoms with Gasteiger partial charge < -0.3 is 9.47 Å². The minimum Gasteiger partial charge on any atom is -0.490 e. The van der Waals surface area contributed by atoms with Crippen LogP contribution >= 0.6 is 31.9 Å². The molecule has 0 aliphatic carbocycles. The highest BCUT2D eigenvalue weighted by Crippen LogP contribution is 2.37. The zero-order chi connectivity index (χ0) is 22.2. The van der Waals surface area contributed by atoms with Crippen molar-refractivity contribution >= 4 is 44.0 Å². The number of hydrogen-bond donors (Lipinski definition) is 1. The van der Waals surface area contributed by atoms with Crippen LogP contribution in [0, 0.1) is 5.82 Å². The Morgan fingerprint density at radius 1 is 1.10 bits per heavy atom. The molecule has 1 amide bonds. The van der Waals surface area contributed by atoms with Crippen LogP contribution in [0.4, 0.5) is 4.39 Å². The Balaban J connectivity index is 1.72. The predicted octanol–water partition coefficient (Wildman–Crippen LogP) is 6.09. The second-order valence-corrected chi connectivity index (χ2v) is 8.16. The molecular formula is C23H19Br2FN2O3. The van der Waals surface area contributed by atoms with Gasteiger partial charge in [0.25, 0.3) is 5.91 Å². The normalized spacial score (nSPS) is 10.8. The van der Waals surface area contributed by atoms with Crippen LogP contribution in [-0.4, -0.2) is 18.7 Å². The smallest absolute Gasteiger partial charge is 0.271 e. The van der Waals surface area contributed by atoms with Crippen LogP contribution in [0.15, 0.2) is 74.7 Å². The van der Waals surface area contributed by atoms with E-state index in [9.17, 15) is 9.18 Å². The minimum absolute atomic E-state index is 0.259. The van der Waals surface area contributed by atoms with Gasteiger partial charge in [-0.25, -0.2) is 9.82 Å². The number of amides is 1. The van der Waals surface area contributed by atoms with E-state index >= 15 is 0 Å². The fourth-order valence-electron chi connectivity index (χ4n) is 2.66. The number of hydrazone groups is 1. The molecule has 3 rings (SSSR count). The minimum atomic E-state index is -0.319. The van der Waals surface area contributed by atoms with Crippen LogP contribution in [0.3, 0.4) is 0 Å². The molecule has 0 aromatic heterocycles. The van der Waals surface area contributed by atoms with E-state index in [0.717, 1.165) is 10.0 Å². The molecule has 160 valence electrons. The Bertz CT molecular complexity index is 1090. The summed E-state index contributed by atoms with van der Waals surface area (Å²) in [5.74, 6) is 0.441. The number of nitrogens with zero attached hydrogens (tertiary/aromatic N) is 1. The standard InChI is InChI=1S/C23H19Br2FN2O3/c1-2-30-21-11-16(13-27-28-23(29)17-4-3-5-18(24)12-17)10-20(25)22(21)31-14-15-6-8-19(26)9-7-15/h3-13H,2,14H2,1H3,(H,28,29)/b27-13-. The fourth-order valence-corrected chi connectivity index (χ4v) is 3.63. The molecular weight excluding hydrogens is 531 g/mol. The topological polar surface area (TPSA) is 59.9 Å². The third-order valence-electron chi connectivity index (χ3n) is 4.09. The lowest BCUT2D eigenvalue weighted by Gasteiger charge is -2.14. The molecule has 0 spiro atoms. The van der Waals surface area contributed by atoms with Gasteiger partial charge in [-0.05, 0) is 76.4 Å². The number of rotatable bonds is 8. The third-order valence-corrected chi connectivity index (χ3v) is 5.18. The van der Waals surface area contributed by atoms with Gasteiger partial charge in [0.15, 0.2) is 11.5 Å². The van der Waals surface area contributed by atoms with Gasteiger partial charge in [-0.2, -0.15) is 5.10 Å². The lowest BCUT2D eigenvalue weighted by molar-refractivity contribution is 0.0955. The van der Waals surface area contributed by atoms with Gasteiger partial charge in [0.2, 0.25) is 0 Å². The van der Waals surface area contributed by atoms with Gasteiger partial charge in [0, 0.05) is 10.0 Å². The fraction of sp³-hybridized carbons (Fsp3) is 0.130. The zero-order valence-corrected chi connectivity index (χ0v) is 19.7. The van der Waals surface area contributed by atoms with Crippen molar-refractivity contribution in [1.82, 2.24) is 5.43 Å². The van der Waals surface area contributed by atoms with Crippen molar-refractivity contribution in [3.8, 4) is 11.5 Å². The van der Waals surface area contributed by atoms with E-state index in [2.05, 4.69) is 42.4 Å². The first-order valence-corrected chi connectivity index (χ1v) is 11.0. The van der Waals surface area contributed by atoms with Gasteiger partial charge in [-0.15, -0.1) is 0 Å². The van der Waals surface area contributed by atoms with Crippen LogP contribution < -0.4 is 14.9 Å². The van der Waals surface area contributed by atoms with Crippen molar-refractivity contribution in [1.29, 1.82) is 0 Å². The van der Waals surface area contributed by atoms with Crippen molar-refractivity contribution < 1.29 is 18.7 Å². The van der Waals surface area contributed by atoms with E-state index in [-0.39, 0.29) is 18.3 Å². The first-order chi connectivity index (χ1) is 15.0. The monoisotopic (exact) mass is 548 g/mol. The van der Waals surface area contributed by atoms with Gasteiger partial charge in [0.05, 0.1) is 17.3 Å². The lowest BCUT2D eigenvalue weighted by atomic mass is 10.2. The molecule has 0 bridgehead atoms. The molecule has 5 nitrogen and oxygen atoms in total. The first-order valence-electron chi connectivity index (χ1n) is 9.39. The van der Waals surface area contributed by atoms with Gasteiger partial charge in [-0.3, -0.25) is 4.79 Å². The number of ether oxygens (including phenoxy) is 2. The van der Waals surface area contributed by atoms with E-state index in [4.69, 9.17) is 9.47 Å². The predicted molar refractivity (Wildman–Crippen MR) is 125 cm³/mol.